The monoisotopic (exact) mass is 933 g/mol. The zero-order valence-electron chi connectivity index (χ0n) is 45.5. The van der Waals surface area contributed by atoms with Crippen LogP contribution >= 0.6 is 0 Å². The second-order valence-corrected chi connectivity index (χ2v) is 21.2. The smallest absolute Gasteiger partial charge is 0.309 e. The first-order valence-corrected chi connectivity index (χ1v) is 29.8. The maximum atomic E-state index is 13.3. The molecule has 0 bridgehead atoms. The van der Waals surface area contributed by atoms with Gasteiger partial charge in [-0.25, -0.2) is 0 Å². The number of carbonyl (C=O) groups is 3. The fourth-order valence-electron chi connectivity index (χ4n) is 9.32. The van der Waals surface area contributed by atoms with Gasteiger partial charge in [0.15, 0.2) is 6.10 Å². The SMILES string of the molecule is CCCCCCCCCCCCCCCCC(C)C(=O)OCC(COC(=O)C(C)CCCCCCCCCCCCCCCC)OC(=O)C(C)CCCCCCCCCCCCCCCC. The molecule has 3 unspecified atom stereocenters. The van der Waals surface area contributed by atoms with Gasteiger partial charge in [0.05, 0.1) is 17.8 Å². The van der Waals surface area contributed by atoms with Gasteiger partial charge in [0, 0.05) is 0 Å². The molecule has 0 saturated carbocycles. The van der Waals surface area contributed by atoms with Crippen molar-refractivity contribution in [3.63, 3.8) is 0 Å². The maximum absolute atomic E-state index is 13.3. The quantitative estimate of drug-likeness (QED) is 0.0343. The van der Waals surface area contributed by atoms with Crippen molar-refractivity contribution in [2.75, 3.05) is 13.2 Å². The molecule has 0 aromatic rings. The van der Waals surface area contributed by atoms with Crippen LogP contribution in [0.15, 0.2) is 0 Å². The summed E-state index contributed by atoms with van der Waals surface area (Å²) in [4.78, 5) is 39.4. The van der Waals surface area contributed by atoms with Crippen LogP contribution in [0, 0.1) is 17.8 Å². The zero-order valence-corrected chi connectivity index (χ0v) is 45.5. The van der Waals surface area contributed by atoms with E-state index >= 15 is 0 Å². The van der Waals surface area contributed by atoms with Crippen LogP contribution in [0.3, 0.4) is 0 Å². The number of hydrogen-bond donors (Lipinski definition) is 0. The Morgan fingerprint density at radius 2 is 0.455 bits per heavy atom. The molecule has 0 amide bonds. The Bertz CT molecular complexity index is 975. The van der Waals surface area contributed by atoms with Crippen LogP contribution in [-0.2, 0) is 28.6 Å². The van der Waals surface area contributed by atoms with Crippen molar-refractivity contribution in [2.24, 2.45) is 17.8 Å². The Balaban J connectivity index is 4.61. The van der Waals surface area contributed by atoms with Crippen LogP contribution in [-0.4, -0.2) is 37.2 Å². The zero-order chi connectivity index (χ0) is 48.4. The normalized spacial score (nSPS) is 13.4. The lowest BCUT2D eigenvalue weighted by Gasteiger charge is -2.22. The lowest BCUT2D eigenvalue weighted by atomic mass is 10.0. The summed E-state index contributed by atoms with van der Waals surface area (Å²) in [7, 11) is 0. The third-order valence-electron chi connectivity index (χ3n) is 14.3. The molecular formula is C60H116O6. The van der Waals surface area contributed by atoms with Crippen LogP contribution < -0.4 is 0 Å². The van der Waals surface area contributed by atoms with E-state index in [0.717, 1.165) is 57.8 Å². The summed E-state index contributed by atoms with van der Waals surface area (Å²) in [6.07, 6.45) is 56.5. The van der Waals surface area contributed by atoms with Gasteiger partial charge in [0.25, 0.3) is 0 Å². The van der Waals surface area contributed by atoms with Gasteiger partial charge >= 0.3 is 17.9 Å². The highest BCUT2D eigenvalue weighted by atomic mass is 16.6. The molecule has 3 atom stereocenters. The summed E-state index contributed by atoms with van der Waals surface area (Å²) in [6.45, 7) is 12.5. The first-order valence-electron chi connectivity index (χ1n) is 29.8. The van der Waals surface area contributed by atoms with Gasteiger partial charge in [-0.2, -0.15) is 0 Å². The number of hydrogen-bond acceptors (Lipinski definition) is 6. The minimum Gasteiger partial charge on any atom is -0.461 e. The molecule has 0 aliphatic rings. The Hall–Kier alpha value is -1.59. The number of rotatable bonds is 53. The van der Waals surface area contributed by atoms with E-state index < -0.39 is 6.10 Å². The molecule has 6 heteroatoms. The molecule has 0 heterocycles. The fourth-order valence-corrected chi connectivity index (χ4v) is 9.32. The van der Waals surface area contributed by atoms with Crippen molar-refractivity contribution in [3.05, 3.63) is 0 Å². The highest BCUT2D eigenvalue weighted by Gasteiger charge is 2.25. The highest BCUT2D eigenvalue weighted by molar-refractivity contribution is 5.73. The second-order valence-electron chi connectivity index (χ2n) is 21.2. The summed E-state index contributed by atoms with van der Waals surface area (Å²) in [6, 6.07) is 0. The molecule has 6 nitrogen and oxygen atoms in total. The van der Waals surface area contributed by atoms with E-state index in [4.69, 9.17) is 14.2 Å². The predicted octanol–water partition coefficient (Wildman–Crippen LogP) is 19.5. The van der Waals surface area contributed by atoms with Gasteiger partial charge in [-0.3, -0.25) is 14.4 Å². The fraction of sp³-hybridized carbons (Fsp3) is 0.950. The van der Waals surface area contributed by atoms with Gasteiger partial charge < -0.3 is 14.2 Å². The Morgan fingerprint density at radius 1 is 0.273 bits per heavy atom. The minimum atomic E-state index is -0.800. The van der Waals surface area contributed by atoms with Crippen LogP contribution in [0.25, 0.3) is 0 Å². The summed E-state index contributed by atoms with van der Waals surface area (Å²) < 4.78 is 17.4. The van der Waals surface area contributed by atoms with Crippen molar-refractivity contribution in [1.29, 1.82) is 0 Å². The molecule has 392 valence electrons. The number of esters is 3. The van der Waals surface area contributed by atoms with E-state index in [1.165, 1.54) is 231 Å². The summed E-state index contributed by atoms with van der Waals surface area (Å²) in [5.41, 5.74) is 0. The molecule has 0 radical (unpaired) electrons. The molecule has 0 aliphatic carbocycles. The Labute approximate surface area is 412 Å². The van der Waals surface area contributed by atoms with Crippen molar-refractivity contribution in [3.8, 4) is 0 Å². The molecule has 0 aliphatic heterocycles. The lowest BCUT2D eigenvalue weighted by Crippen LogP contribution is -2.34. The third-order valence-corrected chi connectivity index (χ3v) is 14.3. The van der Waals surface area contributed by atoms with E-state index in [-0.39, 0.29) is 48.9 Å². The number of unbranched alkanes of at least 4 members (excludes halogenated alkanes) is 39. The van der Waals surface area contributed by atoms with Crippen molar-refractivity contribution >= 4 is 17.9 Å². The Kier molecular flexibility index (Phi) is 50.0. The number of carbonyl (C=O) groups excluding carboxylic acids is 3. The van der Waals surface area contributed by atoms with Crippen LogP contribution in [0.2, 0.25) is 0 Å². The summed E-state index contributed by atoms with van der Waals surface area (Å²) in [5.74, 6) is -1.52. The highest BCUT2D eigenvalue weighted by Crippen LogP contribution is 2.20. The van der Waals surface area contributed by atoms with Crippen LogP contribution in [0.5, 0.6) is 0 Å². The molecular weight excluding hydrogens is 817 g/mol. The van der Waals surface area contributed by atoms with Gasteiger partial charge in [-0.15, -0.1) is 0 Å². The van der Waals surface area contributed by atoms with E-state index in [9.17, 15) is 14.4 Å². The average molecular weight is 934 g/mol. The van der Waals surface area contributed by atoms with E-state index in [1.807, 2.05) is 20.8 Å². The predicted molar refractivity (Wildman–Crippen MR) is 284 cm³/mol. The topological polar surface area (TPSA) is 78.9 Å². The minimum absolute atomic E-state index is 0.0835. The third kappa shape index (κ3) is 44.9. The summed E-state index contributed by atoms with van der Waals surface area (Å²) in [5, 5.41) is 0. The maximum Gasteiger partial charge on any atom is 0.309 e. The van der Waals surface area contributed by atoms with Crippen molar-refractivity contribution in [2.45, 2.75) is 337 Å². The lowest BCUT2D eigenvalue weighted by molar-refractivity contribution is -0.171. The van der Waals surface area contributed by atoms with Gasteiger partial charge in [0.1, 0.15) is 13.2 Å². The molecule has 0 rings (SSSR count). The number of ether oxygens (including phenoxy) is 3. The standard InChI is InChI=1S/C60H116O6/c1-7-10-13-16-19-22-25-28-31-34-37-40-43-46-49-54(4)58(61)64-52-57(66-60(63)56(6)51-48-45-42-39-36-33-30-27-24-21-18-15-12-9-3)53-65-59(62)55(5)50-47-44-41-38-35-32-29-26-23-20-17-14-11-8-2/h54-57H,7-53H2,1-6H3. The molecule has 0 spiro atoms. The van der Waals surface area contributed by atoms with Crippen LogP contribution in [0.1, 0.15) is 330 Å². The first kappa shape index (κ1) is 64.4. The average Bonchev–Trinajstić information content (AvgIpc) is 3.32. The van der Waals surface area contributed by atoms with Gasteiger partial charge in [0.2, 0.25) is 0 Å². The molecule has 0 fully saturated rings. The Morgan fingerprint density at radius 3 is 0.667 bits per heavy atom. The second kappa shape index (κ2) is 51.3. The first-order chi connectivity index (χ1) is 32.3. The van der Waals surface area contributed by atoms with Crippen molar-refractivity contribution in [1.82, 2.24) is 0 Å². The molecule has 0 aromatic heterocycles. The van der Waals surface area contributed by atoms with Gasteiger partial charge in [-0.1, -0.05) is 311 Å². The van der Waals surface area contributed by atoms with Gasteiger partial charge in [-0.05, 0) is 19.3 Å². The summed E-state index contributed by atoms with van der Waals surface area (Å²) >= 11 is 0. The largest absolute Gasteiger partial charge is 0.461 e. The van der Waals surface area contributed by atoms with E-state index in [2.05, 4.69) is 20.8 Å². The van der Waals surface area contributed by atoms with Crippen LogP contribution in [0.4, 0.5) is 0 Å². The van der Waals surface area contributed by atoms with Crippen molar-refractivity contribution < 1.29 is 28.6 Å². The van der Waals surface area contributed by atoms with E-state index in [1.54, 1.807) is 0 Å². The molecule has 0 aromatic carbocycles. The molecule has 66 heavy (non-hydrogen) atoms. The van der Waals surface area contributed by atoms with E-state index in [0.29, 0.717) is 0 Å². The molecule has 0 N–H and O–H groups in total. The molecule has 0 saturated heterocycles.